The van der Waals surface area contributed by atoms with E-state index in [4.69, 9.17) is 19.4 Å². The molecule has 1 aliphatic rings. The summed E-state index contributed by atoms with van der Waals surface area (Å²) < 4.78 is 6.45. The highest BCUT2D eigenvalue weighted by Gasteiger charge is 2.36. The summed E-state index contributed by atoms with van der Waals surface area (Å²) >= 11 is 0. The molecular formula is C58H39N3O. The van der Waals surface area contributed by atoms with Crippen LogP contribution < -0.4 is 0 Å². The monoisotopic (exact) mass is 793 g/mol. The maximum Gasteiger partial charge on any atom is 0.164 e. The third kappa shape index (κ3) is 5.79. The molecule has 9 aromatic carbocycles. The minimum atomic E-state index is -0.142. The van der Waals surface area contributed by atoms with Gasteiger partial charge in [0.25, 0.3) is 0 Å². The number of rotatable bonds is 6. The van der Waals surface area contributed by atoms with Gasteiger partial charge >= 0.3 is 0 Å². The Bertz CT molecular complexity index is 3560. The van der Waals surface area contributed by atoms with E-state index >= 15 is 0 Å². The van der Waals surface area contributed by atoms with Crippen LogP contribution in [0.15, 0.2) is 205 Å². The van der Waals surface area contributed by atoms with Crippen LogP contribution in [-0.4, -0.2) is 15.0 Å². The average molecular weight is 794 g/mol. The van der Waals surface area contributed by atoms with E-state index in [-0.39, 0.29) is 5.41 Å². The highest BCUT2D eigenvalue weighted by Crippen LogP contribution is 2.52. The molecular weight excluding hydrogens is 755 g/mol. The smallest absolute Gasteiger partial charge is 0.164 e. The van der Waals surface area contributed by atoms with E-state index in [1.54, 1.807) is 0 Å². The molecule has 0 aliphatic heterocycles. The van der Waals surface area contributed by atoms with Crippen LogP contribution in [0, 0.1) is 0 Å². The summed E-state index contributed by atoms with van der Waals surface area (Å²) in [4.78, 5) is 16.1. The first-order valence-corrected chi connectivity index (χ1v) is 21.2. The number of nitrogens with zero attached hydrogens (tertiary/aromatic N) is 3. The molecule has 0 fully saturated rings. The van der Waals surface area contributed by atoms with Crippen molar-refractivity contribution in [3.05, 3.63) is 211 Å². The van der Waals surface area contributed by atoms with E-state index in [0.29, 0.717) is 17.5 Å². The first-order chi connectivity index (χ1) is 30.5. The van der Waals surface area contributed by atoms with Gasteiger partial charge in [0.2, 0.25) is 0 Å². The molecule has 0 saturated heterocycles. The van der Waals surface area contributed by atoms with Gasteiger partial charge in [-0.3, -0.25) is 0 Å². The van der Waals surface area contributed by atoms with E-state index in [9.17, 15) is 0 Å². The lowest BCUT2D eigenvalue weighted by Gasteiger charge is -2.21. The van der Waals surface area contributed by atoms with Gasteiger partial charge in [-0.2, -0.15) is 0 Å². The van der Waals surface area contributed by atoms with E-state index in [1.165, 1.54) is 27.8 Å². The number of para-hydroxylation sites is 1. The molecule has 1 aliphatic carbocycles. The van der Waals surface area contributed by atoms with Crippen LogP contribution in [0.2, 0.25) is 0 Å². The lowest BCUT2D eigenvalue weighted by molar-refractivity contribution is 0.660. The van der Waals surface area contributed by atoms with Gasteiger partial charge in [0, 0.05) is 32.9 Å². The normalized spacial score (nSPS) is 12.8. The maximum atomic E-state index is 6.45. The molecule has 2 aromatic heterocycles. The highest BCUT2D eigenvalue weighted by atomic mass is 16.3. The zero-order chi connectivity index (χ0) is 41.4. The van der Waals surface area contributed by atoms with Crippen molar-refractivity contribution < 1.29 is 4.42 Å². The predicted molar refractivity (Wildman–Crippen MR) is 255 cm³/mol. The van der Waals surface area contributed by atoms with Crippen LogP contribution in [0.4, 0.5) is 0 Å². The summed E-state index contributed by atoms with van der Waals surface area (Å²) in [6.07, 6.45) is 0. The fourth-order valence-corrected chi connectivity index (χ4v) is 9.69. The molecule has 62 heavy (non-hydrogen) atoms. The zero-order valence-corrected chi connectivity index (χ0v) is 34.3. The first kappa shape index (κ1) is 35.9. The van der Waals surface area contributed by atoms with Crippen molar-refractivity contribution in [1.82, 2.24) is 15.0 Å². The average Bonchev–Trinajstić information content (AvgIpc) is 3.82. The van der Waals surface area contributed by atoms with Crippen LogP contribution in [0.5, 0.6) is 0 Å². The van der Waals surface area contributed by atoms with Gasteiger partial charge in [-0.1, -0.05) is 178 Å². The Morgan fingerprint density at radius 3 is 1.79 bits per heavy atom. The quantitative estimate of drug-likeness (QED) is 0.168. The molecule has 0 bridgehead atoms. The Kier molecular flexibility index (Phi) is 8.16. The van der Waals surface area contributed by atoms with Crippen LogP contribution in [0.25, 0.3) is 111 Å². The van der Waals surface area contributed by atoms with Crippen molar-refractivity contribution in [2.75, 3.05) is 0 Å². The number of benzene rings is 9. The summed E-state index contributed by atoms with van der Waals surface area (Å²) in [5, 5.41) is 4.42. The molecule has 4 heteroatoms. The second kappa shape index (κ2) is 14.1. The molecule has 0 radical (unpaired) electrons. The van der Waals surface area contributed by atoms with Crippen molar-refractivity contribution in [2.24, 2.45) is 0 Å². The third-order valence-corrected chi connectivity index (χ3v) is 12.7. The molecule has 0 amide bonds. The Labute approximate surface area is 359 Å². The van der Waals surface area contributed by atoms with Crippen LogP contribution in [-0.2, 0) is 5.41 Å². The van der Waals surface area contributed by atoms with Gasteiger partial charge in [-0.25, -0.2) is 15.0 Å². The molecule has 0 unspecified atom stereocenters. The number of fused-ring (bicyclic) bond motifs is 7. The van der Waals surface area contributed by atoms with Gasteiger partial charge in [0.05, 0.1) is 0 Å². The molecule has 292 valence electrons. The van der Waals surface area contributed by atoms with Gasteiger partial charge in [-0.15, -0.1) is 0 Å². The summed E-state index contributed by atoms with van der Waals surface area (Å²) in [5.74, 6) is 1.84. The Balaban J connectivity index is 1.13. The topological polar surface area (TPSA) is 51.8 Å². The van der Waals surface area contributed by atoms with E-state index in [2.05, 4.69) is 196 Å². The second-order valence-electron chi connectivity index (χ2n) is 16.8. The standard InChI is InChI=1S/C58H39N3O/c1-58(2)50-27-12-10-24-49(50)54-44(25-15-28-51(54)58)40-32-39(38-30-31-46-45-22-11-13-29-52(45)62-53(46)35-38)33-41(34-40)55-59-56(47-23-9-8-21-42(47)36-16-4-3-5-17-36)61-57(60-55)48-26-14-19-37-18-6-7-20-43(37)48/h3-35H,1-2H3. The third-order valence-electron chi connectivity index (χ3n) is 12.7. The Morgan fingerprint density at radius 1 is 0.339 bits per heavy atom. The van der Waals surface area contributed by atoms with Crippen molar-refractivity contribution in [2.45, 2.75) is 19.3 Å². The summed E-state index contributed by atoms with van der Waals surface area (Å²) in [5.41, 5.74) is 16.1. The number of hydrogen-bond acceptors (Lipinski definition) is 4. The van der Waals surface area contributed by atoms with Gasteiger partial charge in [0.15, 0.2) is 17.5 Å². The summed E-state index contributed by atoms with van der Waals surface area (Å²) in [6.45, 7) is 4.67. The van der Waals surface area contributed by atoms with Gasteiger partial charge in [0.1, 0.15) is 11.2 Å². The Hall–Kier alpha value is -7.95. The molecule has 2 heterocycles. The van der Waals surface area contributed by atoms with Gasteiger partial charge in [-0.05, 0) is 103 Å². The molecule has 0 saturated carbocycles. The lowest BCUT2D eigenvalue weighted by atomic mass is 9.82. The van der Waals surface area contributed by atoms with E-state index in [1.807, 2.05) is 18.2 Å². The summed E-state index contributed by atoms with van der Waals surface area (Å²) in [6, 6.07) is 70.8. The molecule has 0 spiro atoms. The molecule has 12 rings (SSSR count). The first-order valence-electron chi connectivity index (χ1n) is 21.2. The van der Waals surface area contributed by atoms with Crippen LogP contribution >= 0.6 is 0 Å². The fraction of sp³-hybridized carbons (Fsp3) is 0.0517. The second-order valence-corrected chi connectivity index (χ2v) is 16.8. The van der Waals surface area contributed by atoms with Crippen molar-refractivity contribution in [3.63, 3.8) is 0 Å². The number of aromatic nitrogens is 3. The van der Waals surface area contributed by atoms with Crippen LogP contribution in [0.3, 0.4) is 0 Å². The van der Waals surface area contributed by atoms with E-state index < -0.39 is 0 Å². The van der Waals surface area contributed by atoms with E-state index in [0.717, 1.165) is 77.2 Å². The summed E-state index contributed by atoms with van der Waals surface area (Å²) in [7, 11) is 0. The zero-order valence-electron chi connectivity index (χ0n) is 34.3. The molecule has 0 N–H and O–H groups in total. The van der Waals surface area contributed by atoms with Gasteiger partial charge < -0.3 is 4.42 Å². The highest BCUT2D eigenvalue weighted by molar-refractivity contribution is 6.06. The van der Waals surface area contributed by atoms with Crippen molar-refractivity contribution in [3.8, 4) is 78.7 Å². The molecule has 4 nitrogen and oxygen atoms in total. The number of furan rings is 1. The fourth-order valence-electron chi connectivity index (χ4n) is 9.69. The minimum Gasteiger partial charge on any atom is -0.456 e. The molecule has 0 atom stereocenters. The molecule has 11 aromatic rings. The van der Waals surface area contributed by atoms with Crippen molar-refractivity contribution in [1.29, 1.82) is 0 Å². The number of hydrogen-bond donors (Lipinski definition) is 0. The van der Waals surface area contributed by atoms with Crippen LogP contribution in [0.1, 0.15) is 25.0 Å². The predicted octanol–water partition coefficient (Wildman–Crippen LogP) is 15.2. The Morgan fingerprint density at radius 2 is 0.919 bits per heavy atom. The maximum absolute atomic E-state index is 6.45. The largest absolute Gasteiger partial charge is 0.456 e. The van der Waals surface area contributed by atoms with Crippen molar-refractivity contribution >= 4 is 32.7 Å². The minimum absolute atomic E-state index is 0.142. The lowest BCUT2D eigenvalue weighted by Crippen LogP contribution is -2.14. The SMILES string of the molecule is CC1(C)c2ccccc2-c2c(-c3cc(-c4ccc5c(c4)oc4ccccc45)cc(-c4nc(-c5ccccc5-c5ccccc5)nc(-c5cccc6ccccc56)n4)c3)cccc21.